The largest absolute Gasteiger partial charge is 0.398 e. The van der Waals surface area contributed by atoms with Crippen molar-refractivity contribution >= 4 is 22.4 Å². The van der Waals surface area contributed by atoms with Crippen molar-refractivity contribution in [3.05, 3.63) is 36.0 Å². The van der Waals surface area contributed by atoms with E-state index in [0.717, 1.165) is 36.8 Å². The molecule has 0 aliphatic carbocycles. The van der Waals surface area contributed by atoms with E-state index >= 15 is 0 Å². The number of nitrogen functional groups attached to an aromatic ring is 1. The Morgan fingerprint density at radius 2 is 2.25 bits per heavy atom. The number of nitrogens with zero attached hydrogens (tertiary/aromatic N) is 1. The summed E-state index contributed by atoms with van der Waals surface area (Å²) in [6.45, 7) is 0.819. The molecule has 1 aliphatic rings. The zero-order chi connectivity index (χ0) is 13.9. The Morgan fingerprint density at radius 3 is 3.05 bits per heavy atom. The normalized spacial score (nSPS) is 18.5. The highest BCUT2D eigenvalue weighted by Gasteiger charge is 2.18. The number of carbonyl (C=O) groups excluding carboxylic acids is 1. The second-order valence-corrected chi connectivity index (χ2v) is 5.21. The smallest absolute Gasteiger partial charge is 0.181 e. The highest BCUT2D eigenvalue weighted by molar-refractivity contribution is 6.00. The van der Waals surface area contributed by atoms with Gasteiger partial charge in [0.2, 0.25) is 0 Å². The molecule has 0 amide bonds. The lowest BCUT2D eigenvalue weighted by Crippen LogP contribution is -2.10. The molecule has 20 heavy (non-hydrogen) atoms. The van der Waals surface area contributed by atoms with Crippen molar-refractivity contribution < 1.29 is 9.53 Å². The number of hydrogen-bond donors (Lipinski definition) is 1. The van der Waals surface area contributed by atoms with Crippen LogP contribution in [0.4, 0.5) is 5.69 Å². The van der Waals surface area contributed by atoms with Gasteiger partial charge in [-0.25, -0.2) is 4.98 Å². The lowest BCUT2D eigenvalue weighted by atomic mass is 10.1. The van der Waals surface area contributed by atoms with Gasteiger partial charge in [0.05, 0.1) is 11.6 Å². The summed E-state index contributed by atoms with van der Waals surface area (Å²) in [6.07, 6.45) is 3.63. The predicted octanol–water partition coefficient (Wildman–Crippen LogP) is 2.96. The fraction of sp³-hybridized carbons (Fsp3) is 0.375. The van der Waals surface area contributed by atoms with Crippen molar-refractivity contribution in [2.45, 2.75) is 31.8 Å². The van der Waals surface area contributed by atoms with Gasteiger partial charge in [0.25, 0.3) is 0 Å². The average molecular weight is 270 g/mol. The molecule has 104 valence electrons. The van der Waals surface area contributed by atoms with Crippen LogP contribution in [0.1, 0.15) is 36.2 Å². The minimum Gasteiger partial charge on any atom is -0.398 e. The van der Waals surface area contributed by atoms with Gasteiger partial charge in [-0.15, -0.1) is 0 Å². The molecule has 0 radical (unpaired) electrons. The first-order chi connectivity index (χ1) is 9.74. The summed E-state index contributed by atoms with van der Waals surface area (Å²) in [5.41, 5.74) is 7.83. The van der Waals surface area contributed by atoms with E-state index in [0.29, 0.717) is 17.8 Å². The molecule has 1 saturated heterocycles. The average Bonchev–Trinajstić information content (AvgIpc) is 2.98. The number of carbonyl (C=O) groups is 1. The monoisotopic (exact) mass is 270 g/mol. The summed E-state index contributed by atoms with van der Waals surface area (Å²) in [5, 5.41) is 0.892. The number of aromatic nitrogens is 1. The van der Waals surface area contributed by atoms with E-state index < -0.39 is 0 Å². The van der Waals surface area contributed by atoms with E-state index in [9.17, 15) is 4.79 Å². The summed E-state index contributed by atoms with van der Waals surface area (Å²) >= 11 is 0. The Balaban J connectivity index is 1.77. The van der Waals surface area contributed by atoms with E-state index in [1.165, 1.54) is 0 Å². The number of anilines is 1. The summed E-state index contributed by atoms with van der Waals surface area (Å²) in [4.78, 5) is 16.6. The molecule has 1 aromatic carbocycles. The second-order valence-electron chi connectivity index (χ2n) is 5.21. The molecule has 1 aromatic heterocycles. The van der Waals surface area contributed by atoms with Crippen LogP contribution in [0.25, 0.3) is 10.9 Å². The standard InChI is InChI=1S/C16H18N2O2/c17-13-10-15(18-14-6-2-1-5-12(13)14)16(19)8-7-11-4-3-9-20-11/h1-2,5-6,10-11H,3-4,7-9H2,(H2,17,18). The van der Waals surface area contributed by atoms with Gasteiger partial charge in [0.15, 0.2) is 5.78 Å². The van der Waals surface area contributed by atoms with E-state index in [4.69, 9.17) is 10.5 Å². The number of rotatable bonds is 4. The first-order valence-electron chi connectivity index (χ1n) is 7.04. The van der Waals surface area contributed by atoms with E-state index in [1.807, 2.05) is 24.3 Å². The molecule has 0 bridgehead atoms. The van der Waals surface area contributed by atoms with Gasteiger partial charge in [0.1, 0.15) is 5.69 Å². The van der Waals surface area contributed by atoms with Crippen LogP contribution in [0, 0.1) is 0 Å². The molecule has 2 N–H and O–H groups in total. The van der Waals surface area contributed by atoms with Crippen LogP contribution in [0.2, 0.25) is 0 Å². The summed E-state index contributed by atoms with van der Waals surface area (Å²) in [6, 6.07) is 9.29. The quantitative estimate of drug-likeness (QED) is 0.867. The minimum atomic E-state index is 0.0398. The second kappa shape index (κ2) is 5.59. The van der Waals surface area contributed by atoms with Gasteiger partial charge < -0.3 is 10.5 Å². The number of ketones is 1. The lowest BCUT2D eigenvalue weighted by Gasteiger charge is -2.09. The summed E-state index contributed by atoms with van der Waals surface area (Å²) in [5.74, 6) is 0.0398. The van der Waals surface area contributed by atoms with Crippen molar-refractivity contribution in [3.63, 3.8) is 0 Å². The lowest BCUT2D eigenvalue weighted by molar-refractivity contribution is 0.0856. The number of pyridine rings is 1. The number of hydrogen-bond acceptors (Lipinski definition) is 4. The molecule has 2 aromatic rings. The van der Waals surface area contributed by atoms with Crippen LogP contribution in [-0.4, -0.2) is 23.5 Å². The number of benzene rings is 1. The third-order valence-electron chi connectivity index (χ3n) is 3.75. The zero-order valence-electron chi connectivity index (χ0n) is 11.3. The minimum absolute atomic E-state index is 0.0398. The van der Waals surface area contributed by atoms with Gasteiger partial charge in [0, 0.05) is 24.1 Å². The van der Waals surface area contributed by atoms with Crippen molar-refractivity contribution in [1.82, 2.24) is 4.98 Å². The molecule has 1 fully saturated rings. The zero-order valence-corrected chi connectivity index (χ0v) is 11.3. The molecule has 0 saturated carbocycles. The number of para-hydroxylation sites is 1. The van der Waals surface area contributed by atoms with Crippen LogP contribution in [0.3, 0.4) is 0 Å². The van der Waals surface area contributed by atoms with Crippen LogP contribution >= 0.6 is 0 Å². The fourth-order valence-corrected chi connectivity index (χ4v) is 2.64. The Kier molecular flexibility index (Phi) is 3.65. The van der Waals surface area contributed by atoms with E-state index in [2.05, 4.69) is 4.98 Å². The highest BCUT2D eigenvalue weighted by Crippen LogP contribution is 2.22. The number of ether oxygens (including phenoxy) is 1. The van der Waals surface area contributed by atoms with Crippen LogP contribution < -0.4 is 5.73 Å². The molecule has 4 heteroatoms. The fourth-order valence-electron chi connectivity index (χ4n) is 2.64. The maximum Gasteiger partial charge on any atom is 0.181 e. The number of Topliss-reactive ketones (excluding diaryl/α,β-unsaturated/α-hetero) is 1. The van der Waals surface area contributed by atoms with Crippen molar-refractivity contribution in [2.24, 2.45) is 0 Å². The van der Waals surface area contributed by atoms with Gasteiger partial charge in [-0.05, 0) is 31.4 Å². The predicted molar refractivity (Wildman–Crippen MR) is 78.7 cm³/mol. The van der Waals surface area contributed by atoms with Crippen molar-refractivity contribution in [1.29, 1.82) is 0 Å². The molecule has 4 nitrogen and oxygen atoms in total. The first-order valence-corrected chi connectivity index (χ1v) is 7.04. The third-order valence-corrected chi connectivity index (χ3v) is 3.75. The Labute approximate surface area is 117 Å². The maximum atomic E-state index is 12.2. The molecule has 1 unspecified atom stereocenters. The SMILES string of the molecule is Nc1cc(C(=O)CCC2CCCO2)nc2ccccc12. The van der Waals surface area contributed by atoms with Crippen LogP contribution in [-0.2, 0) is 4.74 Å². The van der Waals surface area contributed by atoms with Gasteiger partial charge in [-0.3, -0.25) is 4.79 Å². The number of nitrogens with two attached hydrogens (primary N) is 1. The molecule has 3 rings (SSSR count). The van der Waals surface area contributed by atoms with Crippen molar-refractivity contribution in [2.75, 3.05) is 12.3 Å². The van der Waals surface area contributed by atoms with Crippen molar-refractivity contribution in [3.8, 4) is 0 Å². The van der Waals surface area contributed by atoms with Crippen LogP contribution in [0.5, 0.6) is 0 Å². The Bertz CT molecular complexity index is 633. The molecule has 0 spiro atoms. The van der Waals surface area contributed by atoms with Gasteiger partial charge in [-0.1, -0.05) is 18.2 Å². The number of fused-ring (bicyclic) bond motifs is 1. The maximum absolute atomic E-state index is 12.2. The highest BCUT2D eigenvalue weighted by atomic mass is 16.5. The summed E-state index contributed by atoms with van der Waals surface area (Å²) in [7, 11) is 0. The molecule has 1 atom stereocenters. The molecule has 1 aliphatic heterocycles. The summed E-state index contributed by atoms with van der Waals surface area (Å²) < 4.78 is 5.54. The molecular weight excluding hydrogens is 252 g/mol. The Hall–Kier alpha value is -1.94. The molecule has 2 heterocycles. The van der Waals surface area contributed by atoms with E-state index in [1.54, 1.807) is 6.07 Å². The first kappa shape index (κ1) is 13.1. The van der Waals surface area contributed by atoms with E-state index in [-0.39, 0.29) is 11.9 Å². The van der Waals surface area contributed by atoms with Gasteiger partial charge >= 0.3 is 0 Å². The van der Waals surface area contributed by atoms with Gasteiger partial charge in [-0.2, -0.15) is 0 Å². The topological polar surface area (TPSA) is 65.2 Å². The molecular formula is C16H18N2O2. The third kappa shape index (κ3) is 2.65. The van der Waals surface area contributed by atoms with Crippen LogP contribution in [0.15, 0.2) is 30.3 Å². The Morgan fingerprint density at radius 1 is 1.40 bits per heavy atom.